The number of carbonyl (C=O) groups excluding carboxylic acids is 1. The Morgan fingerprint density at radius 1 is 1.14 bits per heavy atom. The number of benzene rings is 1. The highest BCUT2D eigenvalue weighted by Crippen LogP contribution is 2.30. The van der Waals surface area contributed by atoms with Crippen LogP contribution in [0.5, 0.6) is 11.5 Å². The topological polar surface area (TPSA) is 66.0 Å². The van der Waals surface area contributed by atoms with Crippen LogP contribution in [0.2, 0.25) is 0 Å². The predicted molar refractivity (Wildman–Crippen MR) is 78.8 cm³/mol. The van der Waals surface area contributed by atoms with Crippen molar-refractivity contribution >= 4 is 5.97 Å². The summed E-state index contributed by atoms with van der Waals surface area (Å²) in [5.41, 5.74) is 0.761. The van der Waals surface area contributed by atoms with E-state index < -0.39 is 6.04 Å². The fourth-order valence-electron chi connectivity index (χ4n) is 1.95. The van der Waals surface area contributed by atoms with Gasteiger partial charge in [0.25, 0.3) is 0 Å². The molecule has 1 rings (SSSR count). The average Bonchev–Trinajstić information content (AvgIpc) is 2.53. The Labute approximate surface area is 125 Å². The number of hydrogen-bond acceptors (Lipinski definition) is 6. The van der Waals surface area contributed by atoms with Gasteiger partial charge in [-0.15, -0.1) is 0 Å². The smallest absolute Gasteiger partial charge is 0.327 e. The zero-order valence-electron chi connectivity index (χ0n) is 13.0. The molecule has 1 N–H and O–H groups in total. The molecule has 21 heavy (non-hydrogen) atoms. The Hall–Kier alpha value is -1.79. The normalized spacial score (nSPS) is 11.8. The maximum absolute atomic E-state index is 11.9. The van der Waals surface area contributed by atoms with Crippen molar-refractivity contribution in [1.29, 1.82) is 0 Å². The van der Waals surface area contributed by atoms with Gasteiger partial charge in [0.15, 0.2) is 11.5 Å². The van der Waals surface area contributed by atoms with Crippen LogP contribution in [-0.4, -0.2) is 47.6 Å². The summed E-state index contributed by atoms with van der Waals surface area (Å²) in [4.78, 5) is 11.9. The van der Waals surface area contributed by atoms with E-state index in [0.717, 1.165) is 12.0 Å². The van der Waals surface area contributed by atoms with E-state index in [0.29, 0.717) is 24.7 Å². The largest absolute Gasteiger partial charge is 0.493 e. The van der Waals surface area contributed by atoms with Crippen molar-refractivity contribution < 1.29 is 23.7 Å². The molecule has 0 radical (unpaired) electrons. The van der Waals surface area contributed by atoms with Crippen LogP contribution in [-0.2, 0) is 14.3 Å². The molecule has 0 saturated heterocycles. The van der Waals surface area contributed by atoms with Gasteiger partial charge in [0, 0.05) is 13.7 Å². The minimum absolute atomic E-state index is 0.348. The van der Waals surface area contributed by atoms with Gasteiger partial charge in [-0.3, -0.25) is 0 Å². The summed E-state index contributed by atoms with van der Waals surface area (Å²) < 4.78 is 20.3. The van der Waals surface area contributed by atoms with Gasteiger partial charge in [-0.25, -0.2) is 4.79 Å². The lowest BCUT2D eigenvalue weighted by atomic mass is 10.1. The van der Waals surface area contributed by atoms with Crippen molar-refractivity contribution in [2.75, 3.05) is 41.6 Å². The first-order valence-electron chi connectivity index (χ1n) is 6.70. The highest BCUT2D eigenvalue weighted by atomic mass is 16.5. The molecule has 0 spiro atoms. The fourth-order valence-corrected chi connectivity index (χ4v) is 1.95. The summed E-state index contributed by atoms with van der Waals surface area (Å²) in [6, 6.07) is 4.79. The van der Waals surface area contributed by atoms with E-state index in [1.807, 2.05) is 6.07 Å². The van der Waals surface area contributed by atoms with Crippen LogP contribution in [0.4, 0.5) is 0 Å². The third-order valence-electron chi connectivity index (χ3n) is 3.05. The first kappa shape index (κ1) is 17.3. The molecular formula is C15H23NO5. The maximum atomic E-state index is 11.9. The van der Waals surface area contributed by atoms with E-state index in [2.05, 4.69) is 5.32 Å². The van der Waals surface area contributed by atoms with Crippen molar-refractivity contribution in [3.8, 4) is 11.5 Å². The SMILES string of the molecule is COCCCNC(C(=O)OC)c1ccc(OC)c(OC)c1. The lowest BCUT2D eigenvalue weighted by Gasteiger charge is -2.18. The first-order valence-corrected chi connectivity index (χ1v) is 6.70. The number of carbonyl (C=O) groups is 1. The maximum Gasteiger partial charge on any atom is 0.327 e. The second-order valence-electron chi connectivity index (χ2n) is 4.37. The van der Waals surface area contributed by atoms with E-state index in [1.165, 1.54) is 7.11 Å². The number of nitrogens with one attached hydrogen (secondary N) is 1. The number of methoxy groups -OCH3 is 4. The van der Waals surface area contributed by atoms with Crippen LogP contribution in [0.1, 0.15) is 18.0 Å². The summed E-state index contributed by atoms with van der Waals surface area (Å²) in [5, 5.41) is 3.16. The van der Waals surface area contributed by atoms with Gasteiger partial charge in [-0.1, -0.05) is 6.07 Å². The lowest BCUT2D eigenvalue weighted by Crippen LogP contribution is -2.30. The van der Waals surface area contributed by atoms with E-state index in [-0.39, 0.29) is 5.97 Å². The molecule has 0 bridgehead atoms. The standard InChI is InChI=1S/C15H23NO5/c1-18-9-5-8-16-14(15(17)21-4)11-6-7-12(19-2)13(10-11)20-3/h6-7,10,14,16H,5,8-9H2,1-4H3. The van der Waals surface area contributed by atoms with Crippen LogP contribution in [0.15, 0.2) is 18.2 Å². The van der Waals surface area contributed by atoms with Crippen LogP contribution in [0, 0.1) is 0 Å². The van der Waals surface area contributed by atoms with Gasteiger partial charge in [-0.2, -0.15) is 0 Å². The zero-order valence-corrected chi connectivity index (χ0v) is 13.0. The zero-order chi connectivity index (χ0) is 15.7. The number of ether oxygens (including phenoxy) is 4. The molecule has 0 aromatic heterocycles. The van der Waals surface area contributed by atoms with E-state index in [4.69, 9.17) is 18.9 Å². The molecule has 0 aliphatic carbocycles. The Balaban J connectivity index is 2.89. The van der Waals surface area contributed by atoms with Crippen molar-refractivity contribution in [3.05, 3.63) is 23.8 Å². The quantitative estimate of drug-likeness (QED) is 0.551. The van der Waals surface area contributed by atoms with Crippen LogP contribution < -0.4 is 14.8 Å². The molecule has 0 fully saturated rings. The molecule has 1 aromatic rings. The van der Waals surface area contributed by atoms with Crippen LogP contribution in [0.3, 0.4) is 0 Å². The Morgan fingerprint density at radius 2 is 1.86 bits per heavy atom. The Morgan fingerprint density at radius 3 is 2.43 bits per heavy atom. The molecular weight excluding hydrogens is 274 g/mol. The molecule has 1 atom stereocenters. The molecule has 0 aliphatic rings. The van der Waals surface area contributed by atoms with Gasteiger partial charge < -0.3 is 24.3 Å². The van der Waals surface area contributed by atoms with Crippen molar-refractivity contribution in [2.24, 2.45) is 0 Å². The third-order valence-corrected chi connectivity index (χ3v) is 3.05. The summed E-state index contributed by atoms with van der Waals surface area (Å²) in [5.74, 6) is 0.839. The molecule has 118 valence electrons. The number of rotatable bonds is 9. The fraction of sp³-hybridized carbons (Fsp3) is 0.533. The predicted octanol–water partition coefficient (Wildman–Crippen LogP) is 1.54. The Kier molecular flexibility index (Phi) is 7.56. The van der Waals surface area contributed by atoms with Crippen molar-refractivity contribution in [2.45, 2.75) is 12.5 Å². The number of esters is 1. The second-order valence-corrected chi connectivity index (χ2v) is 4.37. The van der Waals surface area contributed by atoms with E-state index in [9.17, 15) is 4.79 Å². The van der Waals surface area contributed by atoms with Gasteiger partial charge in [-0.05, 0) is 30.7 Å². The summed E-state index contributed by atoms with van der Waals surface area (Å²) in [6.07, 6.45) is 0.803. The monoisotopic (exact) mass is 297 g/mol. The molecule has 6 nitrogen and oxygen atoms in total. The molecule has 1 aromatic carbocycles. The second kappa shape index (κ2) is 9.20. The average molecular weight is 297 g/mol. The first-order chi connectivity index (χ1) is 10.2. The lowest BCUT2D eigenvalue weighted by molar-refractivity contribution is -0.143. The van der Waals surface area contributed by atoms with Gasteiger partial charge in [0.2, 0.25) is 0 Å². The number of hydrogen-bond donors (Lipinski definition) is 1. The van der Waals surface area contributed by atoms with Crippen LogP contribution in [0.25, 0.3) is 0 Å². The third kappa shape index (κ3) is 4.91. The molecule has 0 amide bonds. The molecule has 6 heteroatoms. The van der Waals surface area contributed by atoms with Gasteiger partial charge >= 0.3 is 5.97 Å². The van der Waals surface area contributed by atoms with Crippen molar-refractivity contribution in [1.82, 2.24) is 5.32 Å². The highest BCUT2D eigenvalue weighted by Gasteiger charge is 2.22. The van der Waals surface area contributed by atoms with E-state index in [1.54, 1.807) is 33.5 Å². The Bertz CT molecular complexity index is 450. The summed E-state index contributed by atoms with van der Waals surface area (Å²) >= 11 is 0. The van der Waals surface area contributed by atoms with Crippen molar-refractivity contribution in [3.63, 3.8) is 0 Å². The molecule has 0 heterocycles. The van der Waals surface area contributed by atoms with Crippen LogP contribution >= 0.6 is 0 Å². The summed E-state index contributed by atoms with van der Waals surface area (Å²) in [6.45, 7) is 1.27. The molecule has 0 saturated carbocycles. The minimum atomic E-state index is -0.549. The van der Waals surface area contributed by atoms with Gasteiger partial charge in [0.05, 0.1) is 21.3 Å². The minimum Gasteiger partial charge on any atom is -0.493 e. The summed E-state index contributed by atoms with van der Waals surface area (Å²) in [7, 11) is 6.14. The molecule has 0 aliphatic heterocycles. The molecule has 1 unspecified atom stereocenters. The van der Waals surface area contributed by atoms with E-state index >= 15 is 0 Å². The van der Waals surface area contributed by atoms with Gasteiger partial charge in [0.1, 0.15) is 6.04 Å². The highest BCUT2D eigenvalue weighted by molar-refractivity contribution is 5.77.